The zero-order valence-corrected chi connectivity index (χ0v) is 10.3. The monoisotopic (exact) mass is 212 g/mol. The van der Waals surface area contributed by atoms with Crippen LogP contribution in [0, 0.1) is 0 Å². The number of hydrogen-bond donors (Lipinski definition) is 1. The van der Waals surface area contributed by atoms with E-state index in [-0.39, 0.29) is 5.60 Å². The van der Waals surface area contributed by atoms with Crippen LogP contribution >= 0.6 is 0 Å². The van der Waals surface area contributed by atoms with Gasteiger partial charge >= 0.3 is 0 Å². The van der Waals surface area contributed by atoms with Crippen molar-refractivity contribution >= 4 is 0 Å². The van der Waals surface area contributed by atoms with Crippen LogP contribution in [0.3, 0.4) is 0 Å². The van der Waals surface area contributed by atoms with Gasteiger partial charge in [-0.1, -0.05) is 0 Å². The highest BCUT2D eigenvalue weighted by Gasteiger charge is 2.32. The van der Waals surface area contributed by atoms with Crippen LogP contribution in [-0.2, 0) is 4.74 Å². The molecule has 2 atom stereocenters. The van der Waals surface area contributed by atoms with Crippen molar-refractivity contribution in [2.45, 2.75) is 51.4 Å². The molecule has 2 unspecified atom stereocenters. The molecule has 0 radical (unpaired) electrons. The van der Waals surface area contributed by atoms with Crippen LogP contribution in [0.2, 0.25) is 0 Å². The van der Waals surface area contributed by atoms with E-state index in [4.69, 9.17) is 4.74 Å². The van der Waals surface area contributed by atoms with Gasteiger partial charge in [-0.25, -0.2) is 0 Å². The summed E-state index contributed by atoms with van der Waals surface area (Å²) >= 11 is 0. The zero-order valence-electron chi connectivity index (χ0n) is 10.3. The molecule has 0 aromatic carbocycles. The summed E-state index contributed by atoms with van der Waals surface area (Å²) in [6.07, 6.45) is 3.05. The molecule has 0 aromatic rings. The number of nitrogens with zero attached hydrogens (tertiary/aromatic N) is 1. The standard InChI is InChI=1S/C12H24N2O/c1-10-7-14(9-12(2,3)15-10)8-11-5-4-6-13-11/h10-11,13H,4-9H2,1-3H3. The second-order valence-corrected chi connectivity index (χ2v) is 5.68. The van der Waals surface area contributed by atoms with Crippen LogP contribution in [0.25, 0.3) is 0 Å². The molecule has 3 nitrogen and oxygen atoms in total. The Morgan fingerprint density at radius 3 is 2.87 bits per heavy atom. The number of morpholine rings is 1. The minimum atomic E-state index is 0.0241. The fraction of sp³-hybridized carbons (Fsp3) is 1.00. The molecule has 2 rings (SSSR count). The minimum absolute atomic E-state index is 0.0241. The molecule has 2 heterocycles. The van der Waals surface area contributed by atoms with Gasteiger partial charge in [0.25, 0.3) is 0 Å². The molecule has 2 aliphatic heterocycles. The van der Waals surface area contributed by atoms with Gasteiger partial charge in [0.2, 0.25) is 0 Å². The second kappa shape index (κ2) is 4.40. The summed E-state index contributed by atoms with van der Waals surface area (Å²) in [5.41, 5.74) is 0.0241. The quantitative estimate of drug-likeness (QED) is 0.745. The van der Waals surface area contributed by atoms with Gasteiger partial charge in [-0.3, -0.25) is 4.90 Å². The molecular weight excluding hydrogens is 188 g/mol. The first kappa shape index (κ1) is 11.4. The SMILES string of the molecule is CC1CN(CC2CCCN2)CC(C)(C)O1. The summed E-state index contributed by atoms with van der Waals surface area (Å²) in [4.78, 5) is 2.55. The Bertz CT molecular complexity index is 212. The van der Waals surface area contributed by atoms with Crippen molar-refractivity contribution in [1.29, 1.82) is 0 Å². The summed E-state index contributed by atoms with van der Waals surface area (Å²) in [5.74, 6) is 0. The maximum Gasteiger partial charge on any atom is 0.0757 e. The normalized spacial score (nSPS) is 37.0. The number of nitrogens with one attached hydrogen (secondary N) is 1. The van der Waals surface area contributed by atoms with Gasteiger partial charge in [-0.05, 0) is 40.2 Å². The highest BCUT2D eigenvalue weighted by Crippen LogP contribution is 2.21. The van der Waals surface area contributed by atoms with Gasteiger partial charge in [-0.15, -0.1) is 0 Å². The first-order valence-corrected chi connectivity index (χ1v) is 6.19. The fourth-order valence-corrected chi connectivity index (χ4v) is 2.95. The Morgan fingerprint density at radius 2 is 2.27 bits per heavy atom. The highest BCUT2D eigenvalue weighted by atomic mass is 16.5. The Hall–Kier alpha value is -0.120. The molecular formula is C12H24N2O. The van der Waals surface area contributed by atoms with Crippen LogP contribution < -0.4 is 5.32 Å². The molecule has 2 aliphatic rings. The van der Waals surface area contributed by atoms with Gasteiger partial charge in [0.1, 0.15) is 0 Å². The second-order valence-electron chi connectivity index (χ2n) is 5.68. The first-order chi connectivity index (χ1) is 7.05. The van der Waals surface area contributed by atoms with Gasteiger partial charge in [0.05, 0.1) is 11.7 Å². The number of ether oxygens (including phenoxy) is 1. The van der Waals surface area contributed by atoms with Crippen LogP contribution in [0.4, 0.5) is 0 Å². The van der Waals surface area contributed by atoms with E-state index in [1.807, 2.05) is 0 Å². The molecule has 0 saturated carbocycles. The lowest BCUT2D eigenvalue weighted by atomic mass is 10.0. The zero-order chi connectivity index (χ0) is 10.9. The molecule has 3 heteroatoms. The first-order valence-electron chi connectivity index (χ1n) is 6.19. The van der Waals surface area contributed by atoms with Crippen molar-refractivity contribution in [2.75, 3.05) is 26.2 Å². The molecule has 2 fully saturated rings. The molecule has 88 valence electrons. The highest BCUT2D eigenvalue weighted by molar-refractivity contribution is 4.86. The van der Waals surface area contributed by atoms with Crippen molar-refractivity contribution in [2.24, 2.45) is 0 Å². The summed E-state index contributed by atoms with van der Waals surface area (Å²) in [6, 6.07) is 0.714. The van der Waals surface area contributed by atoms with E-state index in [0.29, 0.717) is 12.1 Å². The van der Waals surface area contributed by atoms with Crippen LogP contribution in [0.5, 0.6) is 0 Å². The third-order valence-corrected chi connectivity index (χ3v) is 3.28. The smallest absolute Gasteiger partial charge is 0.0757 e. The fourth-order valence-electron chi connectivity index (χ4n) is 2.95. The predicted molar refractivity (Wildman–Crippen MR) is 62.1 cm³/mol. The maximum atomic E-state index is 5.91. The molecule has 0 aliphatic carbocycles. The Kier molecular flexibility index (Phi) is 3.33. The van der Waals surface area contributed by atoms with Gasteiger partial charge in [0, 0.05) is 25.7 Å². The van der Waals surface area contributed by atoms with Gasteiger partial charge < -0.3 is 10.1 Å². The third-order valence-electron chi connectivity index (χ3n) is 3.28. The Morgan fingerprint density at radius 1 is 1.47 bits per heavy atom. The average Bonchev–Trinajstić information content (AvgIpc) is 2.52. The lowest BCUT2D eigenvalue weighted by Crippen LogP contribution is -2.54. The molecule has 1 N–H and O–H groups in total. The van der Waals surface area contributed by atoms with Crippen molar-refractivity contribution in [3.8, 4) is 0 Å². The Labute approximate surface area is 93.2 Å². The van der Waals surface area contributed by atoms with E-state index >= 15 is 0 Å². The third kappa shape index (κ3) is 3.16. The van der Waals surface area contributed by atoms with Crippen molar-refractivity contribution in [3.63, 3.8) is 0 Å². The van der Waals surface area contributed by atoms with E-state index in [0.717, 1.165) is 13.1 Å². The average molecular weight is 212 g/mol. The molecule has 0 spiro atoms. The minimum Gasteiger partial charge on any atom is -0.370 e. The molecule has 0 amide bonds. The largest absolute Gasteiger partial charge is 0.370 e. The summed E-state index contributed by atoms with van der Waals surface area (Å²) in [6.45, 7) is 11.1. The van der Waals surface area contributed by atoms with Crippen molar-refractivity contribution < 1.29 is 4.74 Å². The Balaban J connectivity index is 1.85. The number of rotatable bonds is 2. The van der Waals surface area contributed by atoms with E-state index in [1.54, 1.807) is 0 Å². The van der Waals surface area contributed by atoms with E-state index in [1.165, 1.54) is 25.9 Å². The maximum absolute atomic E-state index is 5.91. The van der Waals surface area contributed by atoms with Crippen LogP contribution in [-0.4, -0.2) is 48.8 Å². The van der Waals surface area contributed by atoms with E-state index in [2.05, 4.69) is 31.0 Å². The lowest BCUT2D eigenvalue weighted by Gasteiger charge is -2.42. The molecule has 15 heavy (non-hydrogen) atoms. The summed E-state index contributed by atoms with van der Waals surface area (Å²) in [5, 5.41) is 3.56. The van der Waals surface area contributed by atoms with Crippen molar-refractivity contribution in [1.82, 2.24) is 10.2 Å². The van der Waals surface area contributed by atoms with Crippen LogP contribution in [0.1, 0.15) is 33.6 Å². The van der Waals surface area contributed by atoms with Gasteiger partial charge in [0.15, 0.2) is 0 Å². The summed E-state index contributed by atoms with van der Waals surface area (Å²) < 4.78 is 5.91. The van der Waals surface area contributed by atoms with Crippen molar-refractivity contribution in [3.05, 3.63) is 0 Å². The summed E-state index contributed by atoms with van der Waals surface area (Å²) in [7, 11) is 0. The van der Waals surface area contributed by atoms with E-state index in [9.17, 15) is 0 Å². The van der Waals surface area contributed by atoms with Crippen LogP contribution in [0.15, 0.2) is 0 Å². The van der Waals surface area contributed by atoms with Gasteiger partial charge in [-0.2, -0.15) is 0 Å². The number of hydrogen-bond acceptors (Lipinski definition) is 3. The van der Waals surface area contributed by atoms with E-state index < -0.39 is 0 Å². The molecule has 2 saturated heterocycles. The molecule has 0 bridgehead atoms. The predicted octanol–water partition coefficient (Wildman–Crippen LogP) is 1.24. The molecule has 0 aromatic heterocycles. The topological polar surface area (TPSA) is 24.5 Å². The lowest BCUT2D eigenvalue weighted by molar-refractivity contribution is -0.129.